The smallest absolute Gasteiger partial charge is 0.410 e. The summed E-state index contributed by atoms with van der Waals surface area (Å²) >= 11 is 6.13. The molecule has 0 spiro atoms. The second kappa shape index (κ2) is 11.0. The molecular weight excluding hydrogens is 404 g/mol. The van der Waals surface area contributed by atoms with Gasteiger partial charge in [-0.2, -0.15) is 0 Å². The van der Waals surface area contributed by atoms with E-state index in [4.69, 9.17) is 21.1 Å². The molecule has 0 aliphatic carbocycles. The average Bonchev–Trinajstić information content (AvgIpc) is 2.66. The maximum Gasteiger partial charge on any atom is 0.410 e. The Morgan fingerprint density at radius 3 is 2.60 bits per heavy atom. The Balaban J connectivity index is 1.86. The van der Waals surface area contributed by atoms with Crippen LogP contribution in [0.4, 0.5) is 4.79 Å². The lowest BCUT2D eigenvalue weighted by atomic mass is 9.97. The standard InChI is InChI=1S/C23H35ClN2O4/c1-17(2)26(22(28)30-23(3,4)5)14-18-9-8-12-25(13-18)21(27)16-29-15-19-10-6-7-11-20(19)24/h6-7,10-11,17-18H,8-9,12-16H2,1-5H3. The van der Waals surface area contributed by atoms with Crippen LogP contribution < -0.4 is 0 Å². The molecule has 1 atom stereocenters. The van der Waals surface area contributed by atoms with Crippen LogP contribution in [0.5, 0.6) is 0 Å². The van der Waals surface area contributed by atoms with Gasteiger partial charge in [0.05, 0.1) is 6.61 Å². The van der Waals surface area contributed by atoms with Gasteiger partial charge < -0.3 is 19.3 Å². The summed E-state index contributed by atoms with van der Waals surface area (Å²) in [5, 5.41) is 0.638. The summed E-state index contributed by atoms with van der Waals surface area (Å²) < 4.78 is 11.2. The lowest BCUT2D eigenvalue weighted by Crippen LogP contribution is -2.48. The molecule has 6 nitrogen and oxygen atoms in total. The first-order valence-electron chi connectivity index (χ1n) is 10.7. The molecule has 1 aromatic carbocycles. The van der Waals surface area contributed by atoms with Crippen LogP contribution in [0.15, 0.2) is 24.3 Å². The molecule has 1 aliphatic heterocycles. The van der Waals surface area contributed by atoms with Gasteiger partial charge in [-0.3, -0.25) is 4.79 Å². The fourth-order valence-electron chi connectivity index (χ4n) is 3.49. The minimum absolute atomic E-state index is 0.0257. The number of amides is 2. The van der Waals surface area contributed by atoms with Gasteiger partial charge in [0, 0.05) is 30.7 Å². The summed E-state index contributed by atoms with van der Waals surface area (Å²) in [4.78, 5) is 28.8. The molecule has 168 valence electrons. The quantitative estimate of drug-likeness (QED) is 0.616. The van der Waals surface area contributed by atoms with Crippen LogP contribution in [0, 0.1) is 5.92 Å². The molecule has 0 saturated carbocycles. The zero-order chi connectivity index (χ0) is 22.3. The van der Waals surface area contributed by atoms with E-state index in [0.29, 0.717) is 24.7 Å². The SMILES string of the molecule is CC(C)N(CC1CCCN(C(=O)COCc2ccccc2Cl)C1)C(=O)OC(C)(C)C. The van der Waals surface area contributed by atoms with E-state index < -0.39 is 5.60 Å². The maximum atomic E-state index is 12.6. The molecule has 2 amide bonds. The lowest BCUT2D eigenvalue weighted by molar-refractivity contribution is -0.138. The van der Waals surface area contributed by atoms with Gasteiger partial charge in [0.2, 0.25) is 5.91 Å². The molecule has 0 bridgehead atoms. The Hall–Kier alpha value is -1.79. The minimum Gasteiger partial charge on any atom is -0.444 e. The number of benzene rings is 1. The van der Waals surface area contributed by atoms with Crippen LogP contribution in [0.25, 0.3) is 0 Å². The molecule has 1 aliphatic rings. The van der Waals surface area contributed by atoms with Crippen molar-refractivity contribution < 1.29 is 19.1 Å². The highest BCUT2D eigenvalue weighted by atomic mass is 35.5. The number of carbonyl (C=O) groups excluding carboxylic acids is 2. The van der Waals surface area contributed by atoms with Gasteiger partial charge in [-0.05, 0) is 65.0 Å². The van der Waals surface area contributed by atoms with Gasteiger partial charge in [0.25, 0.3) is 0 Å². The van der Waals surface area contributed by atoms with Gasteiger partial charge in [-0.1, -0.05) is 29.8 Å². The first-order chi connectivity index (χ1) is 14.1. The molecular formula is C23H35ClN2O4. The van der Waals surface area contributed by atoms with E-state index in [2.05, 4.69) is 0 Å². The van der Waals surface area contributed by atoms with E-state index in [1.165, 1.54) is 0 Å². The number of likely N-dealkylation sites (tertiary alicyclic amines) is 1. The highest BCUT2D eigenvalue weighted by Gasteiger charge is 2.30. The highest BCUT2D eigenvalue weighted by molar-refractivity contribution is 6.31. The average molecular weight is 439 g/mol. The zero-order valence-corrected chi connectivity index (χ0v) is 19.6. The Bertz CT molecular complexity index is 717. The summed E-state index contributed by atoms with van der Waals surface area (Å²) in [5.41, 5.74) is 0.339. The minimum atomic E-state index is -0.530. The molecule has 2 rings (SSSR count). The van der Waals surface area contributed by atoms with Crippen molar-refractivity contribution in [2.24, 2.45) is 5.92 Å². The van der Waals surface area contributed by atoms with Crippen LogP contribution in [-0.4, -0.2) is 59.7 Å². The van der Waals surface area contributed by atoms with Crippen molar-refractivity contribution in [3.05, 3.63) is 34.9 Å². The Morgan fingerprint density at radius 2 is 1.97 bits per heavy atom. The number of nitrogens with zero attached hydrogens (tertiary/aromatic N) is 2. The molecule has 7 heteroatoms. The van der Waals surface area contributed by atoms with Crippen LogP contribution >= 0.6 is 11.6 Å². The van der Waals surface area contributed by atoms with Crippen molar-refractivity contribution in [3.63, 3.8) is 0 Å². The Labute approximate surface area is 185 Å². The Morgan fingerprint density at radius 1 is 1.27 bits per heavy atom. The third kappa shape index (κ3) is 7.80. The van der Waals surface area contributed by atoms with E-state index in [1.54, 1.807) is 4.90 Å². The molecule has 30 heavy (non-hydrogen) atoms. The number of rotatable bonds is 7. The number of piperidine rings is 1. The summed E-state index contributed by atoms with van der Waals surface area (Å²) in [6, 6.07) is 7.49. The van der Waals surface area contributed by atoms with Gasteiger partial charge >= 0.3 is 6.09 Å². The molecule has 1 aromatic rings. The van der Waals surface area contributed by atoms with E-state index in [9.17, 15) is 9.59 Å². The van der Waals surface area contributed by atoms with E-state index in [-0.39, 0.29) is 30.6 Å². The predicted octanol–water partition coefficient (Wildman–Crippen LogP) is 4.74. The largest absolute Gasteiger partial charge is 0.444 e. The fraction of sp³-hybridized carbons (Fsp3) is 0.652. The number of ether oxygens (including phenoxy) is 2. The first-order valence-corrected chi connectivity index (χ1v) is 11.0. The van der Waals surface area contributed by atoms with Crippen molar-refractivity contribution in [2.45, 2.75) is 65.7 Å². The summed E-state index contributed by atoms with van der Waals surface area (Å²) in [6.07, 6.45) is 1.60. The lowest BCUT2D eigenvalue weighted by Gasteiger charge is -2.37. The summed E-state index contributed by atoms with van der Waals surface area (Å²) in [5.74, 6) is 0.196. The molecule has 1 saturated heterocycles. The molecule has 0 radical (unpaired) electrons. The fourth-order valence-corrected chi connectivity index (χ4v) is 3.68. The second-order valence-corrected chi connectivity index (χ2v) is 9.57. The van der Waals surface area contributed by atoms with E-state index >= 15 is 0 Å². The molecule has 1 fully saturated rings. The molecule has 0 aromatic heterocycles. The van der Waals surface area contributed by atoms with Crippen LogP contribution in [0.3, 0.4) is 0 Å². The maximum absolute atomic E-state index is 12.6. The summed E-state index contributed by atoms with van der Waals surface area (Å²) in [7, 11) is 0. The zero-order valence-electron chi connectivity index (χ0n) is 18.8. The van der Waals surface area contributed by atoms with Crippen molar-refractivity contribution in [3.8, 4) is 0 Å². The van der Waals surface area contributed by atoms with Crippen LogP contribution in [0.1, 0.15) is 53.0 Å². The number of halogens is 1. The highest BCUT2D eigenvalue weighted by Crippen LogP contribution is 2.21. The second-order valence-electron chi connectivity index (χ2n) is 9.16. The Kier molecular flexibility index (Phi) is 8.98. The third-order valence-electron chi connectivity index (χ3n) is 5.02. The van der Waals surface area contributed by atoms with Crippen molar-refractivity contribution in [2.75, 3.05) is 26.2 Å². The number of hydrogen-bond donors (Lipinski definition) is 0. The van der Waals surface area contributed by atoms with Gasteiger partial charge in [0.15, 0.2) is 0 Å². The third-order valence-corrected chi connectivity index (χ3v) is 5.39. The monoisotopic (exact) mass is 438 g/mol. The van der Waals surface area contributed by atoms with Gasteiger partial charge in [0.1, 0.15) is 12.2 Å². The first kappa shape index (κ1) is 24.5. The van der Waals surface area contributed by atoms with Gasteiger partial charge in [-0.15, -0.1) is 0 Å². The van der Waals surface area contributed by atoms with Crippen molar-refractivity contribution in [1.82, 2.24) is 9.80 Å². The van der Waals surface area contributed by atoms with Crippen molar-refractivity contribution in [1.29, 1.82) is 0 Å². The predicted molar refractivity (Wildman–Crippen MR) is 118 cm³/mol. The molecule has 1 heterocycles. The number of carbonyl (C=O) groups is 2. The molecule has 1 unspecified atom stereocenters. The number of hydrogen-bond acceptors (Lipinski definition) is 4. The van der Waals surface area contributed by atoms with E-state index in [1.807, 2.05) is 63.8 Å². The summed E-state index contributed by atoms with van der Waals surface area (Å²) in [6.45, 7) is 11.8. The molecule has 0 N–H and O–H groups in total. The topological polar surface area (TPSA) is 59.1 Å². The normalized spacial score (nSPS) is 17.2. The van der Waals surface area contributed by atoms with Crippen LogP contribution in [-0.2, 0) is 20.9 Å². The van der Waals surface area contributed by atoms with Gasteiger partial charge in [-0.25, -0.2) is 4.79 Å². The van der Waals surface area contributed by atoms with Crippen molar-refractivity contribution >= 4 is 23.6 Å². The van der Waals surface area contributed by atoms with Crippen LogP contribution in [0.2, 0.25) is 5.02 Å². The van der Waals surface area contributed by atoms with E-state index in [0.717, 1.165) is 24.9 Å².